The van der Waals surface area contributed by atoms with Gasteiger partial charge in [0.1, 0.15) is 13.2 Å². The van der Waals surface area contributed by atoms with Crippen molar-refractivity contribution in [3.05, 3.63) is 97.2 Å². The van der Waals surface area contributed by atoms with Gasteiger partial charge >= 0.3 is 7.82 Å². The number of likely N-dealkylation sites (N-methyl/N-ethyl adjacent to an activating group) is 1. The van der Waals surface area contributed by atoms with E-state index in [1.165, 1.54) is 135 Å². The van der Waals surface area contributed by atoms with Crippen molar-refractivity contribution in [1.82, 2.24) is 5.32 Å². The Hall–Kier alpha value is -2.58. The fourth-order valence-corrected chi connectivity index (χ4v) is 8.74. The van der Waals surface area contributed by atoms with E-state index in [2.05, 4.69) is 104 Å². The fraction of sp³-hybridized carbons (Fsp3) is 0.726. The largest absolute Gasteiger partial charge is 0.472 e. The molecule has 3 atom stereocenters. The van der Waals surface area contributed by atoms with Crippen LogP contribution in [0.25, 0.3) is 0 Å². The van der Waals surface area contributed by atoms with Crippen LogP contribution in [0.2, 0.25) is 0 Å². The van der Waals surface area contributed by atoms with Crippen LogP contribution in [-0.2, 0) is 18.4 Å². The molecular weight excluding hydrogens is 900 g/mol. The van der Waals surface area contributed by atoms with Crippen molar-refractivity contribution in [1.29, 1.82) is 0 Å². The lowest BCUT2D eigenvalue weighted by molar-refractivity contribution is -0.870. The average Bonchev–Trinajstić information content (AvgIpc) is 3.33. The van der Waals surface area contributed by atoms with Crippen LogP contribution in [0.5, 0.6) is 0 Å². The third-order valence-electron chi connectivity index (χ3n) is 12.5. The molecule has 0 aliphatic carbocycles. The van der Waals surface area contributed by atoms with Crippen LogP contribution in [0.4, 0.5) is 0 Å². The van der Waals surface area contributed by atoms with Crippen molar-refractivity contribution >= 4 is 13.7 Å². The average molecular weight is 1010 g/mol. The van der Waals surface area contributed by atoms with Crippen molar-refractivity contribution in [2.45, 2.75) is 251 Å². The molecule has 0 radical (unpaired) electrons. The van der Waals surface area contributed by atoms with E-state index in [1.54, 1.807) is 6.08 Å². The van der Waals surface area contributed by atoms with Gasteiger partial charge in [0.2, 0.25) is 5.91 Å². The lowest BCUT2D eigenvalue weighted by Crippen LogP contribution is -2.45. The summed E-state index contributed by atoms with van der Waals surface area (Å²) in [4.78, 5) is 23.3. The van der Waals surface area contributed by atoms with E-state index < -0.39 is 20.0 Å². The van der Waals surface area contributed by atoms with Gasteiger partial charge in [0.15, 0.2) is 0 Å². The van der Waals surface area contributed by atoms with Gasteiger partial charge in [-0.2, -0.15) is 0 Å². The van der Waals surface area contributed by atoms with Gasteiger partial charge < -0.3 is 19.8 Å². The number of aliphatic hydroxyl groups excluding tert-OH is 1. The highest BCUT2D eigenvalue weighted by Crippen LogP contribution is 2.43. The molecule has 0 spiro atoms. The summed E-state index contributed by atoms with van der Waals surface area (Å²) in [6, 6.07) is -0.872. The molecule has 1 amide bonds. The molecule has 0 bridgehead atoms. The first-order chi connectivity index (χ1) is 34.5. The Bertz CT molecular complexity index is 1470. The van der Waals surface area contributed by atoms with Gasteiger partial charge in [-0.05, 0) is 83.5 Å². The minimum atomic E-state index is -4.36. The first-order valence-electron chi connectivity index (χ1n) is 29.1. The van der Waals surface area contributed by atoms with Gasteiger partial charge in [-0.1, -0.05) is 246 Å². The molecule has 9 heteroatoms. The summed E-state index contributed by atoms with van der Waals surface area (Å²) < 4.78 is 23.7. The molecule has 8 nitrogen and oxygen atoms in total. The van der Waals surface area contributed by atoms with Crippen LogP contribution in [0.1, 0.15) is 239 Å². The van der Waals surface area contributed by atoms with Gasteiger partial charge in [0.05, 0.1) is 39.9 Å². The third kappa shape index (κ3) is 55.0. The minimum absolute atomic E-state index is 0.0510. The zero-order chi connectivity index (χ0) is 52.0. The van der Waals surface area contributed by atoms with Gasteiger partial charge in [0.25, 0.3) is 0 Å². The number of rotatable bonds is 52. The van der Waals surface area contributed by atoms with Crippen LogP contribution in [0.3, 0.4) is 0 Å². The number of phosphoric ester groups is 1. The van der Waals surface area contributed by atoms with Crippen LogP contribution in [-0.4, -0.2) is 73.4 Å². The molecule has 0 aromatic carbocycles. The molecule has 0 rings (SSSR count). The number of phosphoric acid groups is 1. The molecule has 0 aliphatic heterocycles. The smallest absolute Gasteiger partial charge is 0.387 e. The summed E-state index contributed by atoms with van der Waals surface area (Å²) in [6.07, 6.45) is 75.1. The molecule has 410 valence electrons. The number of quaternary nitrogens is 1. The number of hydrogen-bond donors (Lipinski definition) is 3. The predicted octanol–water partition coefficient (Wildman–Crippen LogP) is 17.8. The lowest BCUT2D eigenvalue weighted by atomic mass is 10.0. The monoisotopic (exact) mass is 1010 g/mol. The summed E-state index contributed by atoms with van der Waals surface area (Å²) in [5.41, 5.74) is 0. The van der Waals surface area contributed by atoms with E-state index in [4.69, 9.17) is 9.05 Å². The minimum Gasteiger partial charge on any atom is -0.387 e. The lowest BCUT2D eigenvalue weighted by Gasteiger charge is -2.25. The number of amides is 1. The highest BCUT2D eigenvalue weighted by atomic mass is 31.2. The Kier molecular flexibility index (Phi) is 50.4. The van der Waals surface area contributed by atoms with Gasteiger partial charge in [-0.25, -0.2) is 4.57 Å². The summed E-state index contributed by atoms with van der Waals surface area (Å²) in [6.45, 7) is 4.68. The molecule has 0 aromatic rings. The molecule has 0 fully saturated rings. The Morgan fingerprint density at radius 1 is 0.493 bits per heavy atom. The third-order valence-corrected chi connectivity index (χ3v) is 13.5. The van der Waals surface area contributed by atoms with E-state index in [9.17, 15) is 19.4 Å². The summed E-state index contributed by atoms with van der Waals surface area (Å²) >= 11 is 0. The molecule has 3 N–H and O–H groups in total. The van der Waals surface area contributed by atoms with E-state index in [0.717, 1.165) is 83.5 Å². The first-order valence-corrected chi connectivity index (χ1v) is 30.6. The maximum absolute atomic E-state index is 13.0. The summed E-state index contributed by atoms with van der Waals surface area (Å²) in [7, 11) is 1.54. The number of aliphatic hydroxyl groups is 1. The van der Waals surface area contributed by atoms with E-state index >= 15 is 0 Å². The quantitative estimate of drug-likeness (QED) is 0.0243. The van der Waals surface area contributed by atoms with E-state index in [-0.39, 0.29) is 19.1 Å². The van der Waals surface area contributed by atoms with E-state index in [0.29, 0.717) is 17.4 Å². The van der Waals surface area contributed by atoms with Crippen molar-refractivity contribution in [3.8, 4) is 0 Å². The number of unbranched alkanes of at least 4 members (excludes halogenated alkanes) is 25. The fourth-order valence-electron chi connectivity index (χ4n) is 8.00. The van der Waals surface area contributed by atoms with Crippen LogP contribution in [0, 0.1) is 0 Å². The van der Waals surface area contributed by atoms with Gasteiger partial charge in [0, 0.05) is 6.42 Å². The van der Waals surface area contributed by atoms with Crippen molar-refractivity contribution < 1.29 is 32.9 Å². The predicted molar refractivity (Wildman–Crippen MR) is 309 cm³/mol. The summed E-state index contributed by atoms with van der Waals surface area (Å²) in [5, 5.41) is 13.9. The highest BCUT2D eigenvalue weighted by Gasteiger charge is 2.27. The molecule has 71 heavy (non-hydrogen) atoms. The Morgan fingerprint density at radius 2 is 0.859 bits per heavy atom. The number of nitrogens with one attached hydrogen (secondary N) is 1. The first kappa shape index (κ1) is 68.4. The van der Waals surface area contributed by atoms with Crippen LogP contribution < -0.4 is 5.32 Å². The normalized spacial score (nSPS) is 14.6. The number of allylic oxidation sites excluding steroid dienone is 15. The maximum Gasteiger partial charge on any atom is 0.472 e. The molecule has 0 heterocycles. The summed E-state index contributed by atoms with van der Waals surface area (Å²) in [5.74, 6) is -0.194. The van der Waals surface area contributed by atoms with Crippen LogP contribution in [0.15, 0.2) is 97.2 Å². The van der Waals surface area contributed by atoms with Gasteiger partial charge in [-0.3, -0.25) is 13.8 Å². The van der Waals surface area contributed by atoms with Gasteiger partial charge in [-0.15, -0.1) is 0 Å². The topological polar surface area (TPSA) is 105 Å². The Balaban J connectivity index is 4.26. The second kappa shape index (κ2) is 52.3. The highest BCUT2D eigenvalue weighted by molar-refractivity contribution is 7.47. The van der Waals surface area contributed by atoms with E-state index in [1.807, 2.05) is 27.2 Å². The Labute approximate surface area is 439 Å². The molecular formula is C62H112N2O6P+. The standard InChI is InChI=1S/C62H111N2O6P/c1-6-8-10-12-14-16-18-20-22-24-26-28-29-30-31-32-33-34-35-36-38-40-42-44-46-48-50-52-54-56-62(66)63-60(59-70-71(67,68)69-58-57-64(3,4)5)61(65)55-53-51-49-47-45-43-41-39-37-27-25-23-21-19-17-15-13-11-9-7-2/h8,10,14,16,20,22,26,28,30-31,33-34,45,47,53,55,60-61,65H,6-7,9,11-13,15,17-19,21,23-25,27,29,32,35-44,46,48-52,54,56-59H2,1-5H3,(H-,63,66,67,68)/p+1/b10-8-,16-14-,22-20-,28-26-,31-30-,34-33-,47-45+,55-53+. The van der Waals surface area contributed by atoms with Crippen molar-refractivity contribution in [2.75, 3.05) is 40.9 Å². The molecule has 0 saturated carbocycles. The van der Waals surface area contributed by atoms with Crippen molar-refractivity contribution in [3.63, 3.8) is 0 Å². The second-order valence-corrected chi connectivity index (χ2v) is 22.1. The number of carbonyl (C=O) groups is 1. The zero-order valence-electron chi connectivity index (χ0n) is 46.7. The molecule has 3 unspecified atom stereocenters. The van der Waals surface area contributed by atoms with Crippen LogP contribution >= 0.6 is 7.82 Å². The molecule has 0 aromatic heterocycles. The second-order valence-electron chi connectivity index (χ2n) is 20.6. The Morgan fingerprint density at radius 3 is 1.30 bits per heavy atom. The number of hydrogen-bond acceptors (Lipinski definition) is 5. The molecule has 0 saturated heterocycles. The SMILES string of the molecule is CC/C=C\C/C=C\C/C=C\C/C=C\C/C=C\C/C=C\CCCCCCCCCCCCC(=O)NC(COP(=O)(O)OCC[N+](C)(C)C)C(O)/C=C/CC/C=C/CCCCCCCCCCCCCCCC. The number of carbonyl (C=O) groups excluding carboxylic acids is 1. The number of nitrogens with zero attached hydrogens (tertiary/aromatic N) is 1. The maximum atomic E-state index is 13.0. The zero-order valence-corrected chi connectivity index (χ0v) is 47.6. The van der Waals surface area contributed by atoms with Crippen molar-refractivity contribution in [2.24, 2.45) is 0 Å². The molecule has 0 aliphatic rings.